The molecule has 3 nitrogen and oxygen atoms in total. The molecule has 0 amide bonds. The molecule has 0 saturated heterocycles. The highest BCUT2D eigenvalue weighted by molar-refractivity contribution is 6.31. The van der Waals surface area contributed by atoms with Crippen LogP contribution in [0.2, 0.25) is 5.02 Å². The fourth-order valence-corrected chi connectivity index (χ4v) is 1.24. The van der Waals surface area contributed by atoms with Crippen molar-refractivity contribution < 1.29 is 19.1 Å². The lowest BCUT2D eigenvalue weighted by Gasteiger charge is -2.01. The molecule has 0 aliphatic carbocycles. The summed E-state index contributed by atoms with van der Waals surface area (Å²) in [6.45, 7) is 0. The number of rotatable bonds is 4. The lowest BCUT2D eigenvalue weighted by atomic mass is 10.1. The van der Waals surface area contributed by atoms with E-state index in [9.17, 15) is 14.0 Å². The van der Waals surface area contributed by atoms with Gasteiger partial charge in [0.1, 0.15) is 5.82 Å². The second-order valence-electron chi connectivity index (χ2n) is 2.94. The van der Waals surface area contributed by atoms with Gasteiger partial charge in [-0.05, 0) is 18.2 Å². The van der Waals surface area contributed by atoms with E-state index in [2.05, 4.69) is 0 Å². The van der Waals surface area contributed by atoms with Crippen molar-refractivity contribution in [3.8, 4) is 0 Å². The molecular weight excluding hydrogens is 223 g/mol. The van der Waals surface area contributed by atoms with E-state index in [0.717, 1.165) is 6.07 Å². The first kappa shape index (κ1) is 11.7. The molecule has 0 saturated carbocycles. The Bertz CT molecular complexity index is 404. The molecule has 1 aromatic carbocycles. The Labute approximate surface area is 90.5 Å². The van der Waals surface area contributed by atoms with Crippen LogP contribution in [0.25, 0.3) is 0 Å². The van der Waals surface area contributed by atoms with Gasteiger partial charge in [0.2, 0.25) is 0 Å². The van der Waals surface area contributed by atoms with Gasteiger partial charge in [-0.15, -0.1) is 0 Å². The number of hydrogen-bond donors (Lipinski definition) is 1. The van der Waals surface area contributed by atoms with Crippen LogP contribution >= 0.6 is 11.6 Å². The van der Waals surface area contributed by atoms with Crippen LogP contribution in [0.3, 0.4) is 0 Å². The number of carbonyl (C=O) groups is 2. The third-order valence-electron chi connectivity index (χ3n) is 1.79. The summed E-state index contributed by atoms with van der Waals surface area (Å²) in [4.78, 5) is 21.6. The van der Waals surface area contributed by atoms with Crippen molar-refractivity contribution in [2.24, 2.45) is 0 Å². The summed E-state index contributed by atoms with van der Waals surface area (Å²) in [7, 11) is 0. The van der Waals surface area contributed by atoms with E-state index >= 15 is 0 Å². The molecule has 0 aliphatic heterocycles. The summed E-state index contributed by atoms with van der Waals surface area (Å²) in [5, 5.41) is 8.61. The lowest BCUT2D eigenvalue weighted by molar-refractivity contribution is -0.136. The zero-order chi connectivity index (χ0) is 11.4. The smallest absolute Gasteiger partial charge is 0.303 e. The maximum Gasteiger partial charge on any atom is 0.303 e. The molecule has 0 unspecified atom stereocenters. The number of hydrogen-bond acceptors (Lipinski definition) is 2. The minimum Gasteiger partial charge on any atom is -0.481 e. The highest BCUT2D eigenvalue weighted by atomic mass is 35.5. The zero-order valence-electron chi connectivity index (χ0n) is 7.67. The van der Waals surface area contributed by atoms with Crippen LogP contribution in [-0.2, 0) is 4.79 Å². The van der Waals surface area contributed by atoms with Gasteiger partial charge in [-0.25, -0.2) is 4.39 Å². The number of carboxylic acids is 1. The summed E-state index contributed by atoms with van der Waals surface area (Å²) in [5.41, 5.74) is -0.163. The molecule has 80 valence electrons. The van der Waals surface area contributed by atoms with Crippen LogP contribution in [-0.4, -0.2) is 16.9 Å². The van der Waals surface area contributed by atoms with Crippen LogP contribution < -0.4 is 0 Å². The van der Waals surface area contributed by atoms with Crippen molar-refractivity contribution in [2.45, 2.75) is 12.8 Å². The van der Waals surface area contributed by atoms with E-state index in [4.69, 9.17) is 16.7 Å². The molecule has 5 heteroatoms. The van der Waals surface area contributed by atoms with E-state index in [1.165, 1.54) is 12.1 Å². The normalized spacial score (nSPS) is 10.0. The predicted molar refractivity (Wildman–Crippen MR) is 52.6 cm³/mol. The highest BCUT2D eigenvalue weighted by Crippen LogP contribution is 2.16. The minimum atomic E-state index is -1.09. The number of benzene rings is 1. The van der Waals surface area contributed by atoms with E-state index in [1.54, 1.807) is 0 Å². The van der Waals surface area contributed by atoms with Gasteiger partial charge in [-0.2, -0.15) is 0 Å². The maximum absolute atomic E-state index is 13.1. The standard InChI is InChI=1S/C10H8ClFO3/c11-6-1-2-8(12)7(5-6)9(13)3-4-10(14)15/h1-2,5H,3-4H2,(H,14,15). The Morgan fingerprint density at radius 3 is 2.60 bits per heavy atom. The number of halogens is 2. The molecule has 0 spiro atoms. The Morgan fingerprint density at radius 1 is 1.33 bits per heavy atom. The lowest BCUT2D eigenvalue weighted by Crippen LogP contribution is -2.05. The first-order valence-electron chi connectivity index (χ1n) is 4.20. The summed E-state index contributed by atoms with van der Waals surface area (Å²) in [6, 6.07) is 3.60. The highest BCUT2D eigenvalue weighted by Gasteiger charge is 2.13. The van der Waals surface area contributed by atoms with Gasteiger partial charge in [-0.1, -0.05) is 11.6 Å². The van der Waals surface area contributed by atoms with E-state index < -0.39 is 17.6 Å². The zero-order valence-corrected chi connectivity index (χ0v) is 8.42. The molecule has 0 radical (unpaired) electrons. The van der Waals surface area contributed by atoms with Crippen molar-refractivity contribution in [1.82, 2.24) is 0 Å². The first-order chi connectivity index (χ1) is 7.00. The van der Waals surface area contributed by atoms with Gasteiger partial charge in [0, 0.05) is 11.4 Å². The van der Waals surface area contributed by atoms with Crippen molar-refractivity contribution in [3.63, 3.8) is 0 Å². The summed E-state index contributed by atoms with van der Waals surface area (Å²) in [5.74, 6) is -2.34. The largest absolute Gasteiger partial charge is 0.481 e. The fraction of sp³-hybridized carbons (Fsp3) is 0.200. The van der Waals surface area contributed by atoms with Crippen LogP contribution in [0.1, 0.15) is 23.2 Å². The third kappa shape index (κ3) is 3.32. The molecular formula is C10H8ClFO3. The quantitative estimate of drug-likeness (QED) is 0.809. The molecule has 0 heterocycles. The summed E-state index contributed by atoms with van der Waals surface area (Å²) in [6.07, 6.45) is -0.544. The molecule has 15 heavy (non-hydrogen) atoms. The fourth-order valence-electron chi connectivity index (χ4n) is 1.07. The predicted octanol–water partition coefficient (Wildman–Crippen LogP) is 2.53. The van der Waals surface area contributed by atoms with Crippen molar-refractivity contribution in [2.75, 3.05) is 0 Å². The summed E-state index contributed by atoms with van der Waals surface area (Å²) >= 11 is 5.59. The van der Waals surface area contributed by atoms with Crippen molar-refractivity contribution >= 4 is 23.4 Å². The van der Waals surface area contributed by atoms with E-state index in [1.807, 2.05) is 0 Å². The van der Waals surface area contributed by atoms with Crippen LogP contribution in [0.15, 0.2) is 18.2 Å². The van der Waals surface area contributed by atoms with E-state index in [-0.39, 0.29) is 23.4 Å². The van der Waals surface area contributed by atoms with Crippen molar-refractivity contribution in [1.29, 1.82) is 0 Å². The number of carbonyl (C=O) groups excluding carboxylic acids is 1. The van der Waals surface area contributed by atoms with Crippen LogP contribution in [0.4, 0.5) is 4.39 Å². The first-order valence-corrected chi connectivity index (χ1v) is 4.58. The Balaban J connectivity index is 2.81. The van der Waals surface area contributed by atoms with Crippen molar-refractivity contribution in [3.05, 3.63) is 34.6 Å². The topological polar surface area (TPSA) is 54.4 Å². The Morgan fingerprint density at radius 2 is 2.00 bits per heavy atom. The second kappa shape index (κ2) is 4.89. The molecule has 1 rings (SSSR count). The molecule has 1 aromatic rings. The van der Waals surface area contributed by atoms with Crippen LogP contribution in [0, 0.1) is 5.82 Å². The van der Waals surface area contributed by atoms with Gasteiger partial charge in [0.25, 0.3) is 0 Å². The van der Waals surface area contributed by atoms with Crippen LogP contribution in [0.5, 0.6) is 0 Å². The van der Waals surface area contributed by atoms with E-state index in [0.29, 0.717) is 0 Å². The number of carboxylic acid groups (broad SMARTS) is 1. The molecule has 0 bridgehead atoms. The molecule has 0 aromatic heterocycles. The number of aliphatic carboxylic acids is 1. The molecule has 0 fully saturated rings. The third-order valence-corrected chi connectivity index (χ3v) is 2.03. The average molecular weight is 231 g/mol. The molecule has 0 aliphatic rings. The van der Waals surface area contributed by atoms with Gasteiger partial charge >= 0.3 is 5.97 Å². The van der Waals surface area contributed by atoms with Gasteiger partial charge < -0.3 is 5.11 Å². The van der Waals surface area contributed by atoms with Gasteiger partial charge in [0.05, 0.1) is 12.0 Å². The monoisotopic (exact) mass is 230 g/mol. The SMILES string of the molecule is O=C(O)CCC(=O)c1cc(Cl)ccc1F. The Hall–Kier alpha value is -1.42. The van der Waals surface area contributed by atoms with Gasteiger partial charge in [0.15, 0.2) is 5.78 Å². The van der Waals surface area contributed by atoms with Gasteiger partial charge in [-0.3, -0.25) is 9.59 Å². The average Bonchev–Trinajstić information content (AvgIpc) is 2.18. The number of Topliss-reactive ketones (excluding diaryl/α,β-unsaturated/α-hetero) is 1. The molecule has 1 N–H and O–H groups in total. The summed E-state index contributed by atoms with van der Waals surface area (Å²) < 4.78 is 13.1. The number of ketones is 1. The maximum atomic E-state index is 13.1. The Kier molecular flexibility index (Phi) is 3.80. The minimum absolute atomic E-state index is 0.163. The molecule has 0 atom stereocenters. The second-order valence-corrected chi connectivity index (χ2v) is 3.38.